The summed E-state index contributed by atoms with van der Waals surface area (Å²) in [5.74, 6) is 0.261. The molecule has 0 aliphatic carbocycles. The summed E-state index contributed by atoms with van der Waals surface area (Å²) >= 11 is 2.27. The van der Waals surface area contributed by atoms with E-state index < -0.39 is 0 Å². The second-order valence-electron chi connectivity index (χ2n) is 4.83. The van der Waals surface area contributed by atoms with E-state index in [2.05, 4.69) is 34.0 Å². The van der Waals surface area contributed by atoms with Gasteiger partial charge in [-0.2, -0.15) is 0 Å². The van der Waals surface area contributed by atoms with Crippen molar-refractivity contribution in [1.82, 2.24) is 0 Å². The van der Waals surface area contributed by atoms with Gasteiger partial charge in [-0.05, 0) is 51.9 Å². The third-order valence-corrected chi connectivity index (χ3v) is 4.17. The van der Waals surface area contributed by atoms with Crippen molar-refractivity contribution >= 4 is 34.1 Å². The van der Waals surface area contributed by atoms with E-state index in [4.69, 9.17) is 0 Å². The maximum Gasteiger partial charge on any atom is 0.159 e. The van der Waals surface area contributed by atoms with Crippen molar-refractivity contribution in [1.29, 1.82) is 0 Å². The highest BCUT2D eigenvalue weighted by molar-refractivity contribution is 14.1. The molecule has 19 heavy (non-hydrogen) atoms. The normalized spacial score (nSPS) is 16.8. The van der Waals surface area contributed by atoms with Gasteiger partial charge in [-0.3, -0.25) is 4.79 Å². The first-order chi connectivity index (χ1) is 9.22. The molecule has 0 saturated heterocycles. The lowest BCUT2D eigenvalue weighted by atomic mass is 10.0. The molecule has 2 aromatic rings. The van der Waals surface area contributed by atoms with Crippen LogP contribution in [0.25, 0.3) is 0 Å². The lowest BCUT2D eigenvalue weighted by molar-refractivity contribution is -0.119. The number of carbonyl (C=O) groups excluding carboxylic acids is 1. The van der Waals surface area contributed by atoms with Gasteiger partial charge in [0.05, 0.1) is 6.04 Å². The Kier molecular flexibility index (Phi) is 3.55. The predicted molar refractivity (Wildman–Crippen MR) is 85.4 cm³/mol. The fourth-order valence-corrected chi connectivity index (χ4v) is 2.78. The Balaban J connectivity index is 1.68. The summed E-state index contributed by atoms with van der Waals surface area (Å²) in [6, 6.07) is 16.2. The molecule has 0 saturated carbocycles. The molecule has 1 atom stereocenters. The third-order valence-electron chi connectivity index (χ3n) is 3.45. The number of hydrogen-bond donors (Lipinski definition) is 1. The molecule has 3 rings (SSSR count). The minimum atomic E-state index is -0.0725. The second-order valence-corrected chi connectivity index (χ2v) is 6.07. The Morgan fingerprint density at radius 3 is 2.63 bits per heavy atom. The number of fused-ring (bicyclic) bond motifs is 1. The first-order valence-electron chi connectivity index (χ1n) is 6.34. The molecule has 1 unspecified atom stereocenters. The van der Waals surface area contributed by atoms with Crippen molar-refractivity contribution in [2.24, 2.45) is 0 Å². The van der Waals surface area contributed by atoms with E-state index >= 15 is 0 Å². The van der Waals surface area contributed by atoms with Crippen molar-refractivity contribution < 1.29 is 4.79 Å². The van der Waals surface area contributed by atoms with E-state index in [0.717, 1.165) is 17.7 Å². The molecule has 1 aliphatic heterocycles. The molecule has 0 fully saturated rings. The van der Waals surface area contributed by atoms with Gasteiger partial charge < -0.3 is 5.32 Å². The lowest BCUT2D eigenvalue weighted by Gasteiger charge is -2.10. The monoisotopic (exact) mass is 363 g/mol. The van der Waals surface area contributed by atoms with Gasteiger partial charge in [0.1, 0.15) is 0 Å². The summed E-state index contributed by atoms with van der Waals surface area (Å²) in [7, 11) is 0. The SMILES string of the molecule is O=C(Cc1ccc(I)cc1)C1Cc2ccccc2N1. The molecule has 1 heterocycles. The molecule has 0 radical (unpaired) electrons. The van der Waals surface area contributed by atoms with Crippen LogP contribution in [-0.2, 0) is 17.6 Å². The number of hydrogen-bond acceptors (Lipinski definition) is 2. The molecule has 0 amide bonds. The Morgan fingerprint density at radius 1 is 1.16 bits per heavy atom. The number of ketones is 1. The van der Waals surface area contributed by atoms with Crippen molar-refractivity contribution in [3.8, 4) is 0 Å². The molecule has 96 valence electrons. The van der Waals surface area contributed by atoms with Crippen LogP contribution in [0.15, 0.2) is 48.5 Å². The molecule has 1 N–H and O–H groups in total. The molecular weight excluding hydrogens is 349 g/mol. The van der Waals surface area contributed by atoms with Crippen LogP contribution in [0.3, 0.4) is 0 Å². The Morgan fingerprint density at radius 2 is 1.89 bits per heavy atom. The first kappa shape index (κ1) is 12.7. The standard InChI is InChI=1S/C16H14INO/c17-13-7-5-11(6-8-13)9-16(19)15-10-12-3-1-2-4-14(12)18-15/h1-8,15,18H,9-10H2. The second kappa shape index (κ2) is 5.33. The van der Waals surface area contributed by atoms with Gasteiger partial charge >= 0.3 is 0 Å². The molecule has 0 bridgehead atoms. The maximum absolute atomic E-state index is 12.3. The lowest BCUT2D eigenvalue weighted by Crippen LogP contribution is -2.28. The van der Waals surface area contributed by atoms with E-state index in [-0.39, 0.29) is 11.8 Å². The van der Waals surface area contributed by atoms with Crippen molar-refractivity contribution in [2.45, 2.75) is 18.9 Å². The quantitative estimate of drug-likeness (QED) is 0.847. The average molecular weight is 363 g/mol. The topological polar surface area (TPSA) is 29.1 Å². The van der Waals surface area contributed by atoms with E-state index in [1.807, 2.05) is 42.5 Å². The molecule has 3 heteroatoms. The van der Waals surface area contributed by atoms with Crippen LogP contribution in [0.4, 0.5) is 5.69 Å². The van der Waals surface area contributed by atoms with Gasteiger partial charge in [-0.15, -0.1) is 0 Å². The average Bonchev–Trinajstić information content (AvgIpc) is 2.85. The highest BCUT2D eigenvalue weighted by Gasteiger charge is 2.25. The minimum absolute atomic E-state index is 0.0725. The van der Waals surface area contributed by atoms with Crippen LogP contribution >= 0.6 is 22.6 Å². The highest BCUT2D eigenvalue weighted by atomic mass is 127. The zero-order chi connectivity index (χ0) is 13.2. The van der Waals surface area contributed by atoms with Gasteiger partial charge in [0.15, 0.2) is 5.78 Å². The molecule has 2 nitrogen and oxygen atoms in total. The van der Waals surface area contributed by atoms with Gasteiger partial charge in [0.2, 0.25) is 0 Å². The number of carbonyl (C=O) groups is 1. The van der Waals surface area contributed by atoms with Crippen molar-refractivity contribution in [3.63, 3.8) is 0 Å². The zero-order valence-corrected chi connectivity index (χ0v) is 12.6. The number of para-hydroxylation sites is 1. The smallest absolute Gasteiger partial charge is 0.159 e. The van der Waals surface area contributed by atoms with Gasteiger partial charge in [0.25, 0.3) is 0 Å². The fraction of sp³-hybridized carbons (Fsp3) is 0.188. The first-order valence-corrected chi connectivity index (χ1v) is 7.42. The summed E-state index contributed by atoms with van der Waals surface area (Å²) in [4.78, 5) is 12.3. The van der Waals surface area contributed by atoms with Crippen LogP contribution in [0, 0.1) is 3.57 Å². The third kappa shape index (κ3) is 2.81. The van der Waals surface area contributed by atoms with Crippen LogP contribution in [0.2, 0.25) is 0 Å². The molecule has 0 aromatic heterocycles. The van der Waals surface area contributed by atoms with Gasteiger partial charge in [-0.25, -0.2) is 0 Å². The number of halogens is 1. The van der Waals surface area contributed by atoms with E-state index in [9.17, 15) is 4.79 Å². The number of Topliss-reactive ketones (excluding diaryl/α,β-unsaturated/α-hetero) is 1. The van der Waals surface area contributed by atoms with E-state index in [1.54, 1.807) is 0 Å². The zero-order valence-electron chi connectivity index (χ0n) is 10.4. The number of benzene rings is 2. The maximum atomic E-state index is 12.3. The predicted octanol–water partition coefficient (Wildman–Crippen LogP) is 3.44. The summed E-state index contributed by atoms with van der Waals surface area (Å²) < 4.78 is 1.19. The Bertz CT molecular complexity index is 581. The molecule has 2 aromatic carbocycles. The van der Waals surface area contributed by atoms with E-state index in [0.29, 0.717) is 6.42 Å². The number of anilines is 1. The highest BCUT2D eigenvalue weighted by Crippen LogP contribution is 2.26. The van der Waals surface area contributed by atoms with Crippen molar-refractivity contribution in [2.75, 3.05) is 5.32 Å². The molecule has 0 spiro atoms. The van der Waals surface area contributed by atoms with Gasteiger partial charge in [-0.1, -0.05) is 30.3 Å². The molecule has 1 aliphatic rings. The fourth-order valence-electron chi connectivity index (χ4n) is 2.42. The Labute approximate surface area is 126 Å². The number of nitrogens with one attached hydrogen (secondary N) is 1. The van der Waals surface area contributed by atoms with Crippen LogP contribution in [-0.4, -0.2) is 11.8 Å². The van der Waals surface area contributed by atoms with E-state index in [1.165, 1.54) is 9.13 Å². The largest absolute Gasteiger partial charge is 0.375 e. The number of rotatable bonds is 3. The summed E-state index contributed by atoms with van der Waals surface area (Å²) in [5.41, 5.74) is 3.43. The summed E-state index contributed by atoms with van der Waals surface area (Å²) in [6.45, 7) is 0. The molecular formula is C16H14INO. The summed E-state index contributed by atoms with van der Waals surface area (Å²) in [5, 5.41) is 3.31. The van der Waals surface area contributed by atoms with Crippen LogP contribution in [0.1, 0.15) is 11.1 Å². The summed E-state index contributed by atoms with van der Waals surface area (Å²) in [6.07, 6.45) is 1.31. The van der Waals surface area contributed by atoms with Crippen molar-refractivity contribution in [3.05, 3.63) is 63.2 Å². The van der Waals surface area contributed by atoms with Crippen LogP contribution < -0.4 is 5.32 Å². The van der Waals surface area contributed by atoms with Crippen LogP contribution in [0.5, 0.6) is 0 Å². The Hall–Kier alpha value is -1.36. The van der Waals surface area contributed by atoms with Gasteiger partial charge in [0, 0.05) is 22.1 Å². The minimum Gasteiger partial charge on any atom is -0.375 e.